The van der Waals surface area contributed by atoms with Crippen LogP contribution < -0.4 is 10.6 Å². The Morgan fingerprint density at radius 3 is 2.75 bits per heavy atom. The standard InChI is InChI=1S/C12H14N4/c1-9-6-7-14-12(15-9)16(2)11-5-3-4-10(13)8-11/h3-8H,13H2,1-2H3. The first-order valence-corrected chi connectivity index (χ1v) is 5.06. The molecule has 0 aliphatic heterocycles. The molecule has 2 aromatic rings. The van der Waals surface area contributed by atoms with Crippen molar-refractivity contribution in [3.8, 4) is 0 Å². The van der Waals surface area contributed by atoms with Gasteiger partial charge in [-0.1, -0.05) is 6.07 Å². The highest BCUT2D eigenvalue weighted by Crippen LogP contribution is 2.21. The fourth-order valence-electron chi connectivity index (χ4n) is 1.45. The van der Waals surface area contributed by atoms with Gasteiger partial charge in [0.2, 0.25) is 5.95 Å². The van der Waals surface area contributed by atoms with E-state index in [0.29, 0.717) is 5.95 Å². The first-order valence-electron chi connectivity index (χ1n) is 5.06. The van der Waals surface area contributed by atoms with Crippen LogP contribution >= 0.6 is 0 Å². The largest absolute Gasteiger partial charge is 0.399 e. The van der Waals surface area contributed by atoms with Crippen LogP contribution in [0.2, 0.25) is 0 Å². The van der Waals surface area contributed by atoms with Crippen LogP contribution in [0.25, 0.3) is 0 Å². The molecular weight excluding hydrogens is 200 g/mol. The van der Waals surface area contributed by atoms with E-state index >= 15 is 0 Å². The van der Waals surface area contributed by atoms with Crippen molar-refractivity contribution >= 4 is 17.3 Å². The average Bonchev–Trinajstić information content (AvgIpc) is 2.28. The zero-order valence-electron chi connectivity index (χ0n) is 9.38. The zero-order chi connectivity index (χ0) is 11.5. The van der Waals surface area contributed by atoms with E-state index in [-0.39, 0.29) is 0 Å². The number of hydrogen-bond donors (Lipinski definition) is 1. The van der Waals surface area contributed by atoms with E-state index in [9.17, 15) is 0 Å². The van der Waals surface area contributed by atoms with Crippen molar-refractivity contribution in [2.75, 3.05) is 17.7 Å². The summed E-state index contributed by atoms with van der Waals surface area (Å²) in [5, 5.41) is 0. The Hall–Kier alpha value is -2.10. The number of hydrogen-bond acceptors (Lipinski definition) is 4. The van der Waals surface area contributed by atoms with Crippen LogP contribution in [0.5, 0.6) is 0 Å². The highest BCUT2D eigenvalue weighted by Gasteiger charge is 2.06. The first-order chi connectivity index (χ1) is 7.66. The van der Waals surface area contributed by atoms with Crippen LogP contribution in [-0.4, -0.2) is 17.0 Å². The number of nitrogen functional groups attached to an aromatic ring is 1. The summed E-state index contributed by atoms with van der Waals surface area (Å²) in [6.45, 7) is 1.94. The minimum absolute atomic E-state index is 0.672. The molecule has 0 radical (unpaired) electrons. The summed E-state index contributed by atoms with van der Waals surface area (Å²) in [7, 11) is 1.92. The topological polar surface area (TPSA) is 55.0 Å². The Morgan fingerprint density at radius 2 is 2.06 bits per heavy atom. The minimum Gasteiger partial charge on any atom is -0.399 e. The van der Waals surface area contributed by atoms with Crippen LogP contribution in [0, 0.1) is 6.92 Å². The number of benzene rings is 1. The molecule has 0 amide bonds. The molecule has 0 aliphatic rings. The minimum atomic E-state index is 0.672. The van der Waals surface area contributed by atoms with E-state index in [0.717, 1.165) is 17.1 Å². The van der Waals surface area contributed by atoms with Crippen LogP contribution in [0.4, 0.5) is 17.3 Å². The molecule has 1 aromatic carbocycles. The highest BCUT2D eigenvalue weighted by molar-refractivity contribution is 5.61. The Balaban J connectivity index is 2.35. The molecule has 0 saturated heterocycles. The SMILES string of the molecule is Cc1ccnc(N(C)c2cccc(N)c2)n1. The van der Waals surface area contributed by atoms with Crippen molar-refractivity contribution in [1.82, 2.24) is 9.97 Å². The molecule has 0 bridgehead atoms. The maximum atomic E-state index is 5.74. The van der Waals surface area contributed by atoms with Crippen molar-refractivity contribution in [3.05, 3.63) is 42.2 Å². The predicted octanol–water partition coefficient (Wildman–Crippen LogP) is 2.14. The Bertz CT molecular complexity index is 450. The van der Waals surface area contributed by atoms with Gasteiger partial charge < -0.3 is 10.6 Å². The van der Waals surface area contributed by atoms with Gasteiger partial charge in [0.05, 0.1) is 0 Å². The van der Waals surface area contributed by atoms with Gasteiger partial charge in [0.25, 0.3) is 0 Å². The summed E-state index contributed by atoms with van der Waals surface area (Å²) in [4.78, 5) is 10.5. The smallest absolute Gasteiger partial charge is 0.229 e. The van der Waals surface area contributed by atoms with Gasteiger partial charge in [-0.2, -0.15) is 0 Å². The Morgan fingerprint density at radius 1 is 1.25 bits per heavy atom. The fraction of sp³-hybridized carbons (Fsp3) is 0.167. The van der Waals surface area contributed by atoms with Crippen molar-refractivity contribution in [1.29, 1.82) is 0 Å². The van der Waals surface area contributed by atoms with Crippen LogP contribution in [0.15, 0.2) is 36.5 Å². The second kappa shape index (κ2) is 4.18. The summed E-state index contributed by atoms with van der Waals surface area (Å²) in [6, 6.07) is 9.51. The molecule has 0 unspecified atom stereocenters. The lowest BCUT2D eigenvalue weighted by atomic mass is 10.2. The predicted molar refractivity (Wildman–Crippen MR) is 65.7 cm³/mol. The summed E-state index contributed by atoms with van der Waals surface area (Å²) >= 11 is 0. The maximum absolute atomic E-state index is 5.74. The van der Waals surface area contributed by atoms with Gasteiger partial charge in [-0.15, -0.1) is 0 Å². The summed E-state index contributed by atoms with van der Waals surface area (Å²) < 4.78 is 0. The molecule has 2 N–H and O–H groups in total. The normalized spacial score (nSPS) is 10.1. The van der Waals surface area contributed by atoms with Crippen LogP contribution in [0.1, 0.15) is 5.69 Å². The Labute approximate surface area is 94.8 Å². The molecule has 4 nitrogen and oxygen atoms in total. The fourth-order valence-corrected chi connectivity index (χ4v) is 1.45. The van der Waals surface area contributed by atoms with E-state index in [1.165, 1.54) is 0 Å². The third-order valence-electron chi connectivity index (χ3n) is 2.34. The molecule has 1 heterocycles. The van der Waals surface area contributed by atoms with E-state index < -0.39 is 0 Å². The molecule has 0 fully saturated rings. The third-order valence-corrected chi connectivity index (χ3v) is 2.34. The van der Waals surface area contributed by atoms with Gasteiger partial charge in [-0.25, -0.2) is 9.97 Å². The zero-order valence-corrected chi connectivity index (χ0v) is 9.38. The van der Waals surface area contributed by atoms with Gasteiger partial charge in [-0.3, -0.25) is 0 Å². The first kappa shape index (κ1) is 10.4. The number of aromatic nitrogens is 2. The number of nitrogens with two attached hydrogens (primary N) is 1. The molecule has 0 aliphatic carbocycles. The van der Waals surface area contributed by atoms with Crippen molar-refractivity contribution in [3.63, 3.8) is 0 Å². The summed E-state index contributed by atoms with van der Waals surface area (Å²) in [6.07, 6.45) is 1.75. The lowest BCUT2D eigenvalue weighted by Crippen LogP contribution is -2.13. The van der Waals surface area contributed by atoms with Gasteiger partial charge in [-0.05, 0) is 31.2 Å². The molecule has 0 saturated carbocycles. The molecular formula is C12H14N4. The van der Waals surface area contributed by atoms with Gasteiger partial charge in [0.15, 0.2) is 0 Å². The second-order valence-corrected chi connectivity index (χ2v) is 3.65. The molecule has 0 spiro atoms. The second-order valence-electron chi connectivity index (χ2n) is 3.65. The molecule has 4 heteroatoms. The van der Waals surface area contributed by atoms with E-state index in [4.69, 9.17) is 5.73 Å². The van der Waals surface area contributed by atoms with Crippen molar-refractivity contribution in [2.24, 2.45) is 0 Å². The number of rotatable bonds is 2. The maximum Gasteiger partial charge on any atom is 0.229 e. The van der Waals surface area contributed by atoms with E-state index in [2.05, 4.69) is 9.97 Å². The van der Waals surface area contributed by atoms with Crippen LogP contribution in [0.3, 0.4) is 0 Å². The monoisotopic (exact) mass is 214 g/mol. The average molecular weight is 214 g/mol. The summed E-state index contributed by atoms with van der Waals surface area (Å²) in [5.74, 6) is 0.672. The van der Waals surface area contributed by atoms with Crippen molar-refractivity contribution in [2.45, 2.75) is 6.92 Å². The van der Waals surface area contributed by atoms with Crippen molar-refractivity contribution < 1.29 is 0 Å². The number of nitrogens with zero attached hydrogens (tertiary/aromatic N) is 3. The molecule has 16 heavy (non-hydrogen) atoms. The summed E-state index contributed by atoms with van der Waals surface area (Å²) in [5.41, 5.74) is 8.39. The molecule has 0 atom stereocenters. The molecule has 2 rings (SSSR count). The molecule has 82 valence electrons. The quantitative estimate of drug-likeness (QED) is 0.778. The van der Waals surface area contributed by atoms with E-state index in [1.54, 1.807) is 6.20 Å². The van der Waals surface area contributed by atoms with Gasteiger partial charge >= 0.3 is 0 Å². The van der Waals surface area contributed by atoms with Gasteiger partial charge in [0.1, 0.15) is 0 Å². The van der Waals surface area contributed by atoms with Crippen LogP contribution in [-0.2, 0) is 0 Å². The number of anilines is 3. The highest BCUT2D eigenvalue weighted by atomic mass is 15.2. The third kappa shape index (κ3) is 2.11. The lowest BCUT2D eigenvalue weighted by molar-refractivity contribution is 1.01. The van der Waals surface area contributed by atoms with E-state index in [1.807, 2.05) is 49.2 Å². The lowest BCUT2D eigenvalue weighted by Gasteiger charge is -2.17. The molecule has 1 aromatic heterocycles. The Kier molecular flexibility index (Phi) is 2.72. The number of aryl methyl sites for hydroxylation is 1. The van der Waals surface area contributed by atoms with Gasteiger partial charge in [0, 0.05) is 30.3 Å².